The first-order valence-electron chi connectivity index (χ1n) is 9.69. The summed E-state index contributed by atoms with van der Waals surface area (Å²) in [6, 6.07) is 8.03. The number of thiazole rings is 1. The number of rotatable bonds is 6. The quantitative estimate of drug-likeness (QED) is 0.759. The summed E-state index contributed by atoms with van der Waals surface area (Å²) in [7, 11) is -3.60. The molecule has 0 spiro atoms. The maximum absolute atomic E-state index is 13.0. The fourth-order valence-corrected chi connectivity index (χ4v) is 5.94. The molecule has 7 nitrogen and oxygen atoms in total. The fraction of sp³-hybridized carbons (Fsp3) is 0.450. The predicted octanol–water partition coefficient (Wildman–Crippen LogP) is 2.61. The molecule has 29 heavy (non-hydrogen) atoms. The third-order valence-corrected chi connectivity index (χ3v) is 8.25. The zero-order chi connectivity index (χ0) is 20.4. The molecule has 1 atom stereocenters. The summed E-state index contributed by atoms with van der Waals surface area (Å²) in [5, 5.41) is 14.7. The lowest BCUT2D eigenvalue weighted by molar-refractivity contribution is -0.122. The highest BCUT2D eigenvalue weighted by Gasteiger charge is 2.32. The number of hydrogen-bond donors (Lipinski definition) is 1. The largest absolute Gasteiger partial charge is 0.350 e. The molecule has 1 amide bonds. The normalized spacial score (nSPS) is 20.2. The van der Waals surface area contributed by atoms with E-state index >= 15 is 0 Å². The number of nitriles is 1. The van der Waals surface area contributed by atoms with Gasteiger partial charge in [-0.25, -0.2) is 13.4 Å². The van der Waals surface area contributed by atoms with E-state index in [1.54, 1.807) is 0 Å². The Labute approximate surface area is 174 Å². The average molecular weight is 431 g/mol. The monoisotopic (exact) mass is 430 g/mol. The molecular formula is C20H22N4O3S2. The Morgan fingerprint density at radius 1 is 1.28 bits per heavy atom. The Hall–Kier alpha value is -2.28. The molecule has 1 aliphatic heterocycles. The van der Waals surface area contributed by atoms with Crippen LogP contribution in [0.4, 0.5) is 0 Å². The second-order valence-corrected chi connectivity index (χ2v) is 10.3. The van der Waals surface area contributed by atoms with Gasteiger partial charge in [0.15, 0.2) is 0 Å². The van der Waals surface area contributed by atoms with E-state index in [0.29, 0.717) is 25.2 Å². The molecule has 1 aromatic carbocycles. The summed E-state index contributed by atoms with van der Waals surface area (Å²) in [6.07, 6.45) is 3.60. The van der Waals surface area contributed by atoms with Crippen LogP contribution in [0.5, 0.6) is 0 Å². The molecule has 9 heteroatoms. The molecule has 4 rings (SSSR count). The highest BCUT2D eigenvalue weighted by atomic mass is 32.2. The fourth-order valence-electron chi connectivity index (χ4n) is 3.47. The number of piperidine rings is 1. The molecule has 1 saturated carbocycles. The maximum Gasteiger partial charge on any atom is 0.243 e. The number of sulfonamides is 1. The Morgan fingerprint density at radius 2 is 2.03 bits per heavy atom. The molecule has 1 aliphatic carbocycles. The summed E-state index contributed by atoms with van der Waals surface area (Å²) in [5.41, 5.74) is 1.26. The number of amides is 1. The summed E-state index contributed by atoms with van der Waals surface area (Å²) in [6.45, 7) is 1.30. The van der Waals surface area contributed by atoms with Gasteiger partial charge in [-0.05, 0) is 49.9 Å². The first kappa shape index (κ1) is 20.0. The molecule has 2 fully saturated rings. The van der Waals surface area contributed by atoms with E-state index < -0.39 is 10.0 Å². The summed E-state index contributed by atoms with van der Waals surface area (Å²) >= 11 is 1.53. The minimum Gasteiger partial charge on any atom is -0.350 e. The van der Waals surface area contributed by atoms with E-state index in [2.05, 4.69) is 10.3 Å². The topological polar surface area (TPSA) is 103 Å². The third kappa shape index (κ3) is 4.50. The van der Waals surface area contributed by atoms with Gasteiger partial charge in [-0.3, -0.25) is 4.79 Å². The van der Waals surface area contributed by atoms with Gasteiger partial charge in [-0.15, -0.1) is 11.3 Å². The van der Waals surface area contributed by atoms with Crippen molar-refractivity contribution in [2.75, 3.05) is 13.1 Å². The van der Waals surface area contributed by atoms with Gasteiger partial charge >= 0.3 is 0 Å². The predicted molar refractivity (Wildman–Crippen MR) is 109 cm³/mol. The number of hydrogen-bond acceptors (Lipinski definition) is 6. The highest BCUT2D eigenvalue weighted by Crippen LogP contribution is 2.32. The lowest BCUT2D eigenvalue weighted by atomic mass is 10.0. The van der Waals surface area contributed by atoms with Crippen molar-refractivity contribution in [1.82, 2.24) is 14.6 Å². The van der Waals surface area contributed by atoms with Crippen molar-refractivity contribution in [2.24, 2.45) is 5.92 Å². The molecule has 2 aromatic rings. The zero-order valence-corrected chi connectivity index (χ0v) is 17.5. The van der Waals surface area contributed by atoms with Crippen LogP contribution in [0, 0.1) is 17.2 Å². The van der Waals surface area contributed by atoms with Crippen molar-refractivity contribution < 1.29 is 13.2 Å². The number of carbonyl (C=O) groups is 1. The van der Waals surface area contributed by atoms with Gasteiger partial charge in [0.1, 0.15) is 0 Å². The van der Waals surface area contributed by atoms with Crippen LogP contribution in [-0.4, -0.2) is 36.7 Å². The van der Waals surface area contributed by atoms with Crippen molar-refractivity contribution >= 4 is 27.3 Å². The molecule has 2 heterocycles. The summed E-state index contributed by atoms with van der Waals surface area (Å²) < 4.78 is 27.5. The second kappa shape index (κ2) is 8.22. The first-order valence-corrected chi connectivity index (χ1v) is 12.0. The van der Waals surface area contributed by atoms with Gasteiger partial charge in [0.05, 0.1) is 33.8 Å². The molecule has 1 N–H and O–H groups in total. The van der Waals surface area contributed by atoms with Crippen LogP contribution in [0.25, 0.3) is 0 Å². The van der Waals surface area contributed by atoms with E-state index in [-0.39, 0.29) is 22.6 Å². The van der Waals surface area contributed by atoms with Gasteiger partial charge in [-0.1, -0.05) is 0 Å². The average Bonchev–Trinajstić information content (AvgIpc) is 3.50. The Kier molecular flexibility index (Phi) is 5.67. The molecular weight excluding hydrogens is 408 g/mol. The smallest absolute Gasteiger partial charge is 0.243 e. The van der Waals surface area contributed by atoms with Crippen molar-refractivity contribution in [1.29, 1.82) is 5.26 Å². The molecule has 2 aliphatic rings. The molecule has 0 radical (unpaired) electrons. The van der Waals surface area contributed by atoms with E-state index in [4.69, 9.17) is 5.26 Å². The Morgan fingerprint density at radius 3 is 2.72 bits per heavy atom. The van der Waals surface area contributed by atoms with E-state index in [9.17, 15) is 13.2 Å². The van der Waals surface area contributed by atoms with E-state index in [1.165, 1.54) is 39.9 Å². The number of carbonyl (C=O) groups excluding carboxylic acids is 1. The highest BCUT2D eigenvalue weighted by molar-refractivity contribution is 7.89. The van der Waals surface area contributed by atoms with E-state index in [1.807, 2.05) is 11.4 Å². The molecule has 1 saturated heterocycles. The Bertz CT molecular complexity index is 1040. The van der Waals surface area contributed by atoms with Crippen LogP contribution in [0.2, 0.25) is 0 Å². The lowest BCUT2D eigenvalue weighted by Gasteiger charge is -2.31. The van der Waals surface area contributed by atoms with Gasteiger partial charge in [0, 0.05) is 30.3 Å². The van der Waals surface area contributed by atoms with Crippen molar-refractivity contribution in [3.05, 3.63) is 45.9 Å². The van der Waals surface area contributed by atoms with Crippen molar-refractivity contribution in [3.8, 4) is 6.07 Å². The van der Waals surface area contributed by atoms with Gasteiger partial charge < -0.3 is 5.32 Å². The van der Waals surface area contributed by atoms with Crippen LogP contribution in [-0.2, 0) is 21.4 Å². The molecule has 0 unspecified atom stereocenters. The van der Waals surface area contributed by atoms with Crippen LogP contribution < -0.4 is 5.32 Å². The van der Waals surface area contributed by atoms with Crippen LogP contribution in [0.15, 0.2) is 34.5 Å². The Balaban J connectivity index is 1.42. The number of nitrogens with zero attached hydrogens (tertiary/aromatic N) is 3. The number of aromatic nitrogens is 1. The van der Waals surface area contributed by atoms with Crippen LogP contribution >= 0.6 is 11.3 Å². The first-order chi connectivity index (χ1) is 14.0. The van der Waals surface area contributed by atoms with Gasteiger partial charge in [-0.2, -0.15) is 9.57 Å². The van der Waals surface area contributed by atoms with Gasteiger partial charge in [0.25, 0.3) is 0 Å². The minimum absolute atomic E-state index is 0.0507. The second-order valence-electron chi connectivity index (χ2n) is 7.51. The summed E-state index contributed by atoms with van der Waals surface area (Å²) in [4.78, 5) is 16.6. The van der Waals surface area contributed by atoms with E-state index in [0.717, 1.165) is 36.4 Å². The number of nitrogens with one attached hydrogen (secondary N) is 1. The number of benzene rings is 1. The lowest BCUT2D eigenvalue weighted by Crippen LogP contribution is -2.39. The molecule has 1 aromatic heterocycles. The van der Waals surface area contributed by atoms with Gasteiger partial charge in [0.2, 0.25) is 15.9 Å². The zero-order valence-electron chi connectivity index (χ0n) is 15.9. The maximum atomic E-state index is 13.0. The van der Waals surface area contributed by atoms with Crippen LogP contribution in [0.3, 0.4) is 0 Å². The van der Waals surface area contributed by atoms with Crippen molar-refractivity contribution in [2.45, 2.75) is 43.0 Å². The minimum atomic E-state index is -3.60. The molecule has 0 bridgehead atoms. The standard InChI is InChI=1S/C20H22N4O3S2/c21-10-14-3-7-18(8-4-14)29(26,27)24-9-1-2-16(12-24)20-23-17(13-28-20)11-22-19(25)15-5-6-15/h3-4,7-8,13,15-16H,1-2,5-6,9,11-12H2,(H,22,25)/t16-/m0/s1. The van der Waals surface area contributed by atoms with Crippen LogP contribution in [0.1, 0.15) is 47.9 Å². The third-order valence-electron chi connectivity index (χ3n) is 5.32. The van der Waals surface area contributed by atoms with Crippen molar-refractivity contribution in [3.63, 3.8) is 0 Å². The molecule has 152 valence electrons. The summed E-state index contributed by atoms with van der Waals surface area (Å²) in [5.74, 6) is 0.319. The SMILES string of the molecule is N#Cc1ccc(S(=O)(=O)N2CCC[C@H](c3nc(CNC(=O)C4CC4)cs3)C2)cc1.